The number of benzene rings is 1. The van der Waals surface area contributed by atoms with E-state index in [1.165, 1.54) is 12.1 Å². The molecule has 1 fully saturated rings. The Morgan fingerprint density at radius 3 is 2.62 bits per heavy atom. The number of carboxylic acids is 1. The molecule has 0 bridgehead atoms. The minimum atomic E-state index is -0.796. The van der Waals surface area contributed by atoms with Crippen LogP contribution in [0.25, 0.3) is 0 Å². The fourth-order valence-electron chi connectivity index (χ4n) is 2.58. The number of ether oxygens (including phenoxy) is 1. The summed E-state index contributed by atoms with van der Waals surface area (Å²) in [6, 6.07) is 4.05. The summed E-state index contributed by atoms with van der Waals surface area (Å²) in [4.78, 5) is 15.1. The van der Waals surface area contributed by atoms with Crippen LogP contribution in [0.3, 0.4) is 0 Å². The van der Waals surface area contributed by atoms with E-state index in [4.69, 9.17) is 9.84 Å². The van der Waals surface area contributed by atoms with Gasteiger partial charge in [0.15, 0.2) is 0 Å². The van der Waals surface area contributed by atoms with Crippen LogP contribution in [0, 0.1) is 5.82 Å². The van der Waals surface area contributed by atoms with Crippen LogP contribution in [-0.2, 0) is 11.3 Å². The van der Waals surface area contributed by atoms with E-state index in [0.717, 1.165) is 18.7 Å². The number of halogens is 1. The molecular formula is C15H21FN2O3. The molecule has 1 N–H and O–H groups in total. The lowest BCUT2D eigenvalue weighted by molar-refractivity contribution is -0.143. The van der Waals surface area contributed by atoms with Crippen LogP contribution in [0.5, 0.6) is 5.75 Å². The third kappa shape index (κ3) is 3.92. The van der Waals surface area contributed by atoms with E-state index >= 15 is 0 Å². The lowest BCUT2D eigenvalue weighted by Crippen LogP contribution is -2.51. The molecule has 1 aliphatic rings. The van der Waals surface area contributed by atoms with Gasteiger partial charge in [0.25, 0.3) is 0 Å². The molecule has 0 saturated carbocycles. The minimum Gasteiger partial charge on any atom is -0.496 e. The number of hydrogen-bond acceptors (Lipinski definition) is 4. The van der Waals surface area contributed by atoms with Gasteiger partial charge >= 0.3 is 5.97 Å². The average Bonchev–Trinajstić information content (AvgIpc) is 2.47. The van der Waals surface area contributed by atoms with Crippen molar-refractivity contribution in [2.24, 2.45) is 0 Å². The van der Waals surface area contributed by atoms with Gasteiger partial charge in [-0.2, -0.15) is 0 Å². The molecule has 0 spiro atoms. The summed E-state index contributed by atoms with van der Waals surface area (Å²) in [7, 11) is 1.57. The number of methoxy groups -OCH3 is 1. The topological polar surface area (TPSA) is 53.0 Å². The molecular weight excluding hydrogens is 275 g/mol. The van der Waals surface area contributed by atoms with Crippen LogP contribution in [0.15, 0.2) is 18.2 Å². The van der Waals surface area contributed by atoms with Crippen LogP contribution in [0.4, 0.5) is 4.39 Å². The summed E-state index contributed by atoms with van der Waals surface area (Å²) >= 11 is 0. The zero-order chi connectivity index (χ0) is 15.4. The Hall–Kier alpha value is -1.66. The summed E-state index contributed by atoms with van der Waals surface area (Å²) in [5.74, 6) is -0.392. The first-order valence-corrected chi connectivity index (χ1v) is 7.03. The van der Waals surface area contributed by atoms with E-state index in [9.17, 15) is 9.18 Å². The fourth-order valence-corrected chi connectivity index (χ4v) is 2.58. The van der Waals surface area contributed by atoms with Gasteiger partial charge in [-0.1, -0.05) is 0 Å². The highest BCUT2D eigenvalue weighted by atomic mass is 19.1. The normalized spacial score (nSPS) is 18.4. The number of carbonyl (C=O) groups is 1. The standard InChI is InChI=1S/C15H21FN2O3/c1-11(15(19)20)18-7-5-17(6-8-18)10-12-9-13(16)3-4-14(12)21-2/h3-4,9,11H,5-8,10H2,1-2H3,(H,19,20)/t11-/m0/s1. The Morgan fingerprint density at radius 1 is 1.38 bits per heavy atom. The van der Waals surface area contributed by atoms with Gasteiger partial charge in [-0.05, 0) is 25.1 Å². The summed E-state index contributed by atoms with van der Waals surface area (Å²) in [6.07, 6.45) is 0. The predicted molar refractivity (Wildman–Crippen MR) is 76.9 cm³/mol. The molecule has 1 atom stereocenters. The van der Waals surface area contributed by atoms with Crippen molar-refractivity contribution in [2.75, 3.05) is 33.3 Å². The van der Waals surface area contributed by atoms with Gasteiger partial charge in [-0.15, -0.1) is 0 Å². The second-order valence-electron chi connectivity index (χ2n) is 5.28. The molecule has 0 aromatic heterocycles. The van der Waals surface area contributed by atoms with Gasteiger partial charge in [0, 0.05) is 38.3 Å². The van der Waals surface area contributed by atoms with Crippen molar-refractivity contribution in [1.29, 1.82) is 0 Å². The maximum Gasteiger partial charge on any atom is 0.320 e. The molecule has 116 valence electrons. The molecule has 1 aliphatic heterocycles. The molecule has 0 amide bonds. The molecule has 6 heteroatoms. The van der Waals surface area contributed by atoms with Gasteiger partial charge in [0.1, 0.15) is 17.6 Å². The summed E-state index contributed by atoms with van der Waals surface area (Å²) in [6.45, 7) is 5.23. The molecule has 0 aliphatic carbocycles. The van der Waals surface area contributed by atoms with Gasteiger partial charge in [0.2, 0.25) is 0 Å². The molecule has 0 unspecified atom stereocenters. The van der Waals surface area contributed by atoms with Crippen LogP contribution < -0.4 is 4.74 Å². The van der Waals surface area contributed by atoms with E-state index < -0.39 is 12.0 Å². The number of hydrogen-bond donors (Lipinski definition) is 1. The van der Waals surface area contributed by atoms with Gasteiger partial charge < -0.3 is 9.84 Å². The zero-order valence-electron chi connectivity index (χ0n) is 12.4. The fraction of sp³-hybridized carbons (Fsp3) is 0.533. The molecule has 1 saturated heterocycles. The lowest BCUT2D eigenvalue weighted by Gasteiger charge is -2.36. The van der Waals surface area contributed by atoms with Crippen molar-refractivity contribution in [3.63, 3.8) is 0 Å². The van der Waals surface area contributed by atoms with E-state index in [1.54, 1.807) is 20.1 Å². The highest BCUT2D eigenvalue weighted by molar-refractivity contribution is 5.72. The molecule has 0 radical (unpaired) electrons. The maximum absolute atomic E-state index is 13.3. The van der Waals surface area contributed by atoms with E-state index in [0.29, 0.717) is 25.4 Å². The quantitative estimate of drug-likeness (QED) is 0.891. The smallest absolute Gasteiger partial charge is 0.320 e. The number of aliphatic carboxylic acids is 1. The van der Waals surface area contributed by atoms with Crippen LogP contribution >= 0.6 is 0 Å². The van der Waals surface area contributed by atoms with Crippen molar-refractivity contribution in [3.05, 3.63) is 29.6 Å². The van der Waals surface area contributed by atoms with E-state index in [-0.39, 0.29) is 5.82 Å². The second-order valence-corrected chi connectivity index (χ2v) is 5.28. The molecule has 1 heterocycles. The van der Waals surface area contributed by atoms with Crippen molar-refractivity contribution < 1.29 is 19.0 Å². The number of carboxylic acid groups (broad SMARTS) is 1. The molecule has 21 heavy (non-hydrogen) atoms. The molecule has 1 aromatic rings. The summed E-state index contributed by atoms with van der Waals surface area (Å²) < 4.78 is 18.6. The first-order valence-electron chi connectivity index (χ1n) is 7.03. The highest BCUT2D eigenvalue weighted by Gasteiger charge is 2.25. The lowest BCUT2D eigenvalue weighted by atomic mass is 10.1. The Kier molecular flexibility index (Phi) is 5.14. The molecule has 2 rings (SSSR count). The maximum atomic E-state index is 13.3. The number of rotatable bonds is 5. The Morgan fingerprint density at radius 2 is 2.05 bits per heavy atom. The largest absolute Gasteiger partial charge is 0.496 e. The first kappa shape index (κ1) is 15.7. The van der Waals surface area contributed by atoms with E-state index in [2.05, 4.69) is 4.90 Å². The third-order valence-corrected chi connectivity index (χ3v) is 3.95. The van der Waals surface area contributed by atoms with Crippen molar-refractivity contribution in [1.82, 2.24) is 9.80 Å². The summed E-state index contributed by atoms with van der Waals surface area (Å²) in [5, 5.41) is 9.02. The Balaban J connectivity index is 1.95. The van der Waals surface area contributed by atoms with Crippen molar-refractivity contribution >= 4 is 5.97 Å². The van der Waals surface area contributed by atoms with Crippen molar-refractivity contribution in [2.45, 2.75) is 19.5 Å². The van der Waals surface area contributed by atoms with Gasteiger partial charge in [-0.25, -0.2) is 4.39 Å². The van der Waals surface area contributed by atoms with Gasteiger partial charge in [0.05, 0.1) is 7.11 Å². The third-order valence-electron chi connectivity index (χ3n) is 3.95. The van der Waals surface area contributed by atoms with Crippen molar-refractivity contribution in [3.8, 4) is 5.75 Å². The summed E-state index contributed by atoms with van der Waals surface area (Å²) in [5.41, 5.74) is 0.817. The Labute approximate surface area is 123 Å². The molecule has 5 nitrogen and oxygen atoms in total. The second kappa shape index (κ2) is 6.87. The highest BCUT2D eigenvalue weighted by Crippen LogP contribution is 2.21. The average molecular weight is 296 g/mol. The van der Waals surface area contributed by atoms with E-state index in [1.807, 2.05) is 4.90 Å². The predicted octanol–water partition coefficient (Wildman–Crippen LogP) is 1.43. The SMILES string of the molecule is COc1ccc(F)cc1CN1CCN([C@@H](C)C(=O)O)CC1. The molecule has 1 aromatic carbocycles. The first-order chi connectivity index (χ1) is 10.0. The monoisotopic (exact) mass is 296 g/mol. The minimum absolute atomic E-state index is 0.274. The van der Waals surface area contributed by atoms with Crippen LogP contribution in [0.2, 0.25) is 0 Å². The van der Waals surface area contributed by atoms with Crippen LogP contribution in [0.1, 0.15) is 12.5 Å². The zero-order valence-corrected chi connectivity index (χ0v) is 12.4. The number of nitrogens with zero attached hydrogens (tertiary/aromatic N) is 2. The Bertz CT molecular complexity index is 502. The number of piperazine rings is 1. The van der Waals surface area contributed by atoms with Crippen LogP contribution in [-0.4, -0.2) is 60.2 Å². The van der Waals surface area contributed by atoms with Gasteiger partial charge in [-0.3, -0.25) is 14.6 Å².